The first-order valence-electron chi connectivity index (χ1n) is 14.5. The molecule has 0 spiro atoms. The van der Waals surface area contributed by atoms with Crippen LogP contribution in [-0.2, 0) is 0 Å². The zero-order chi connectivity index (χ0) is 25.1. The predicted molar refractivity (Wildman–Crippen MR) is 147 cm³/mol. The van der Waals surface area contributed by atoms with Crippen LogP contribution in [0.3, 0.4) is 0 Å². The third-order valence-electron chi connectivity index (χ3n) is 11.5. The van der Waals surface area contributed by atoms with Crippen LogP contribution in [0.2, 0.25) is 0 Å². The molecule has 0 N–H and O–H groups in total. The van der Waals surface area contributed by atoms with Crippen molar-refractivity contribution in [3.8, 4) is 0 Å². The highest BCUT2D eigenvalue weighted by molar-refractivity contribution is 5.06. The largest absolute Gasteiger partial charge is 0.0628 e. The van der Waals surface area contributed by atoms with Crippen molar-refractivity contribution in [1.29, 1.82) is 0 Å². The van der Waals surface area contributed by atoms with Crippen molar-refractivity contribution in [2.75, 3.05) is 0 Å². The van der Waals surface area contributed by atoms with Gasteiger partial charge in [-0.2, -0.15) is 0 Å². The molecule has 0 heteroatoms. The van der Waals surface area contributed by atoms with Gasteiger partial charge in [-0.1, -0.05) is 116 Å². The van der Waals surface area contributed by atoms with Crippen molar-refractivity contribution in [3.05, 3.63) is 0 Å². The molecule has 0 aromatic rings. The van der Waals surface area contributed by atoms with Crippen LogP contribution in [-0.4, -0.2) is 0 Å². The average molecular weight is 449 g/mol. The lowest BCUT2D eigenvalue weighted by Gasteiger charge is -2.50. The highest BCUT2D eigenvalue weighted by Crippen LogP contribution is 2.65. The van der Waals surface area contributed by atoms with E-state index in [1.54, 1.807) is 0 Å². The summed E-state index contributed by atoms with van der Waals surface area (Å²) >= 11 is 0. The molecular weight excluding hydrogens is 384 g/mol. The molecule has 0 saturated heterocycles. The molecule has 8 atom stereocenters. The van der Waals surface area contributed by atoms with E-state index in [9.17, 15) is 0 Å². The van der Waals surface area contributed by atoms with E-state index < -0.39 is 0 Å². The highest BCUT2D eigenvalue weighted by Gasteiger charge is 2.56. The zero-order valence-electron chi connectivity index (χ0n) is 25.1. The van der Waals surface area contributed by atoms with Gasteiger partial charge in [0.05, 0.1) is 0 Å². The van der Waals surface area contributed by atoms with E-state index in [0.717, 1.165) is 47.3 Å². The Hall–Kier alpha value is 0. The molecule has 1 rings (SSSR count). The van der Waals surface area contributed by atoms with Crippen molar-refractivity contribution in [2.24, 2.45) is 63.6 Å². The summed E-state index contributed by atoms with van der Waals surface area (Å²) in [5.74, 6) is 6.55. The zero-order valence-corrected chi connectivity index (χ0v) is 25.1. The average Bonchev–Trinajstić information content (AvgIpc) is 2.83. The van der Waals surface area contributed by atoms with E-state index >= 15 is 0 Å². The minimum absolute atomic E-state index is 0.418. The lowest BCUT2D eigenvalue weighted by Crippen LogP contribution is -2.41. The Labute approximate surface area is 205 Å². The summed E-state index contributed by atoms with van der Waals surface area (Å²) in [6.45, 7) is 35.3. The lowest BCUT2D eigenvalue weighted by molar-refractivity contribution is -0.00408. The van der Waals surface area contributed by atoms with Crippen molar-refractivity contribution in [3.63, 3.8) is 0 Å². The predicted octanol–water partition coefficient (Wildman–Crippen LogP) is 10.9. The Morgan fingerprint density at radius 2 is 1.38 bits per heavy atom. The number of hydrogen-bond acceptors (Lipinski definition) is 0. The smallest absolute Gasteiger partial charge is 0.0243 e. The van der Waals surface area contributed by atoms with Crippen LogP contribution in [0.1, 0.15) is 142 Å². The summed E-state index contributed by atoms with van der Waals surface area (Å²) in [5.41, 5.74) is 1.33. The molecule has 1 fully saturated rings. The number of hydrogen-bond donors (Lipinski definition) is 0. The molecule has 32 heavy (non-hydrogen) atoms. The Bertz CT molecular complexity index is 542. The highest BCUT2D eigenvalue weighted by atomic mass is 14.6. The fraction of sp³-hybridized carbons (Fsp3) is 1.00. The van der Waals surface area contributed by atoms with Gasteiger partial charge in [-0.3, -0.25) is 0 Å². The Kier molecular flexibility index (Phi) is 10.9. The molecule has 0 aromatic carbocycles. The number of rotatable bonds is 13. The minimum atomic E-state index is 0.418. The molecule has 0 nitrogen and oxygen atoms in total. The maximum absolute atomic E-state index is 2.68. The Balaban J connectivity index is 2.96. The van der Waals surface area contributed by atoms with Crippen molar-refractivity contribution < 1.29 is 0 Å². The standard InChI is InChI=1S/C32H64/c1-22(2)16-15-17-26(7)30(11,12)21-31(13)20-25(6)29(10)32(31,14)19-18-24(5)28(9)27(8)23(3)4/h22-29H,15-21H2,1-14H3. The first-order valence-corrected chi connectivity index (χ1v) is 14.5. The third-order valence-corrected chi connectivity index (χ3v) is 11.5. The van der Waals surface area contributed by atoms with Gasteiger partial charge in [-0.05, 0) is 89.3 Å². The summed E-state index contributed by atoms with van der Waals surface area (Å²) < 4.78 is 0. The van der Waals surface area contributed by atoms with E-state index in [-0.39, 0.29) is 0 Å². The second kappa shape index (κ2) is 11.6. The Morgan fingerprint density at radius 3 is 1.88 bits per heavy atom. The molecule has 0 amide bonds. The van der Waals surface area contributed by atoms with Crippen LogP contribution in [0.5, 0.6) is 0 Å². The fourth-order valence-electron chi connectivity index (χ4n) is 7.42. The molecule has 0 aliphatic heterocycles. The summed E-state index contributed by atoms with van der Waals surface area (Å²) in [4.78, 5) is 0. The first-order chi connectivity index (χ1) is 14.5. The molecule has 1 saturated carbocycles. The fourth-order valence-corrected chi connectivity index (χ4v) is 7.42. The van der Waals surface area contributed by atoms with Gasteiger partial charge in [0.25, 0.3) is 0 Å². The van der Waals surface area contributed by atoms with Gasteiger partial charge in [0.15, 0.2) is 0 Å². The second-order valence-corrected chi connectivity index (χ2v) is 14.8. The molecule has 0 heterocycles. The molecule has 0 aromatic heterocycles. The van der Waals surface area contributed by atoms with Crippen LogP contribution < -0.4 is 0 Å². The van der Waals surface area contributed by atoms with Gasteiger partial charge in [0.1, 0.15) is 0 Å². The SMILES string of the molecule is CC(C)CCCC(C)C(C)(C)CC1(C)CC(C)C(C)C1(C)CCC(C)C(C)C(C)C(C)C. The van der Waals surface area contributed by atoms with Gasteiger partial charge >= 0.3 is 0 Å². The molecule has 1 aliphatic carbocycles. The molecule has 0 radical (unpaired) electrons. The van der Waals surface area contributed by atoms with Crippen LogP contribution in [0, 0.1) is 63.6 Å². The van der Waals surface area contributed by atoms with E-state index in [0.29, 0.717) is 16.2 Å². The summed E-state index contributed by atoms with van der Waals surface area (Å²) in [6, 6.07) is 0. The van der Waals surface area contributed by atoms with Crippen LogP contribution in [0.25, 0.3) is 0 Å². The summed E-state index contributed by atoms with van der Waals surface area (Å²) in [6.07, 6.45) is 9.78. The van der Waals surface area contributed by atoms with Gasteiger partial charge < -0.3 is 0 Å². The van der Waals surface area contributed by atoms with Gasteiger partial charge in [0, 0.05) is 0 Å². The summed E-state index contributed by atoms with van der Waals surface area (Å²) in [7, 11) is 0. The molecular formula is C32H64. The maximum Gasteiger partial charge on any atom is -0.0243 e. The summed E-state index contributed by atoms with van der Waals surface area (Å²) in [5, 5.41) is 0. The van der Waals surface area contributed by atoms with Gasteiger partial charge in [-0.15, -0.1) is 0 Å². The van der Waals surface area contributed by atoms with Crippen molar-refractivity contribution in [1.82, 2.24) is 0 Å². The molecule has 1 aliphatic rings. The maximum atomic E-state index is 2.68. The monoisotopic (exact) mass is 449 g/mol. The lowest BCUT2D eigenvalue weighted by atomic mass is 9.55. The van der Waals surface area contributed by atoms with E-state index in [4.69, 9.17) is 0 Å². The van der Waals surface area contributed by atoms with E-state index in [1.807, 2.05) is 0 Å². The van der Waals surface area contributed by atoms with Gasteiger partial charge in [-0.25, -0.2) is 0 Å². The van der Waals surface area contributed by atoms with E-state index in [2.05, 4.69) is 96.9 Å². The first kappa shape index (κ1) is 30.0. The molecule has 192 valence electrons. The molecule has 0 bridgehead atoms. The Morgan fingerprint density at radius 1 is 0.812 bits per heavy atom. The normalized spacial score (nSPS) is 33.0. The van der Waals surface area contributed by atoms with E-state index in [1.165, 1.54) is 44.9 Å². The second-order valence-electron chi connectivity index (χ2n) is 14.8. The van der Waals surface area contributed by atoms with Crippen LogP contribution >= 0.6 is 0 Å². The van der Waals surface area contributed by atoms with Crippen molar-refractivity contribution >= 4 is 0 Å². The van der Waals surface area contributed by atoms with Crippen LogP contribution in [0.4, 0.5) is 0 Å². The topological polar surface area (TPSA) is 0 Å². The van der Waals surface area contributed by atoms with Crippen molar-refractivity contribution in [2.45, 2.75) is 142 Å². The molecule has 8 unspecified atom stereocenters. The quantitative estimate of drug-likeness (QED) is 0.263. The van der Waals surface area contributed by atoms with Crippen LogP contribution in [0.15, 0.2) is 0 Å². The van der Waals surface area contributed by atoms with Gasteiger partial charge in [0.2, 0.25) is 0 Å². The minimum Gasteiger partial charge on any atom is -0.0628 e. The third kappa shape index (κ3) is 7.01.